The van der Waals surface area contributed by atoms with E-state index in [1.54, 1.807) is 12.4 Å². The number of benzene rings is 1. The lowest BCUT2D eigenvalue weighted by Gasteiger charge is -2.15. The van der Waals surface area contributed by atoms with Crippen LogP contribution in [0.25, 0.3) is 0 Å². The first kappa shape index (κ1) is 27.1. The molecule has 0 saturated heterocycles. The summed E-state index contributed by atoms with van der Waals surface area (Å²) in [5.74, 6) is -0.893. The Morgan fingerprint density at radius 2 is 1.73 bits per heavy atom. The fourth-order valence-corrected chi connectivity index (χ4v) is 3.21. The van der Waals surface area contributed by atoms with Crippen molar-refractivity contribution in [2.45, 2.75) is 25.9 Å². The molecule has 194 valence electrons. The van der Waals surface area contributed by atoms with E-state index in [-0.39, 0.29) is 28.7 Å². The van der Waals surface area contributed by atoms with Crippen molar-refractivity contribution in [3.63, 3.8) is 0 Å². The van der Waals surface area contributed by atoms with Crippen LogP contribution in [0.4, 0.5) is 36.3 Å². The van der Waals surface area contributed by atoms with Crippen molar-refractivity contribution in [1.82, 2.24) is 15.0 Å². The van der Waals surface area contributed by atoms with Crippen LogP contribution >= 0.6 is 0 Å². The largest absolute Gasteiger partial charge is 0.416 e. The molecule has 2 amide bonds. The summed E-state index contributed by atoms with van der Waals surface area (Å²) in [6.45, 7) is 6.26. The zero-order chi connectivity index (χ0) is 26.8. The molecule has 2 heterocycles. The van der Waals surface area contributed by atoms with Crippen LogP contribution in [0.1, 0.15) is 34.8 Å². The number of carbonyl (C=O) groups is 2. The van der Waals surface area contributed by atoms with E-state index in [4.69, 9.17) is 0 Å². The molecule has 0 unspecified atom stereocenters. The Kier molecular flexibility index (Phi) is 9.14. The number of halogens is 3. The maximum Gasteiger partial charge on any atom is 0.416 e. The maximum atomic E-state index is 13.4. The van der Waals surface area contributed by atoms with Crippen LogP contribution in [-0.2, 0) is 17.4 Å². The molecular formula is C25H26F3N7O2. The van der Waals surface area contributed by atoms with Gasteiger partial charge in [-0.25, -0.2) is 4.98 Å². The molecule has 3 rings (SSSR count). The van der Waals surface area contributed by atoms with Crippen molar-refractivity contribution in [1.29, 1.82) is 0 Å². The number of hydrogen-bond donors (Lipinski definition) is 4. The van der Waals surface area contributed by atoms with Crippen molar-refractivity contribution in [2.24, 2.45) is 0 Å². The van der Waals surface area contributed by atoms with Gasteiger partial charge in [-0.1, -0.05) is 13.5 Å². The summed E-state index contributed by atoms with van der Waals surface area (Å²) in [4.78, 5) is 37.1. The standard InChI is InChI=1S/C25H26F3N7O2/c1-3-8-30-22-20(15-32-24(35-22)31-11-7-16-5-9-29-10-6-16)23(37)34-19-13-17(25(26,27)28)12-18(14-19)33-21(36)4-2/h4-6,9-10,12-15H,2-3,7-8,11H2,1H3,(H,33,36)(H,34,37)(H2,30,31,32,35). The number of anilines is 4. The molecule has 0 aliphatic heterocycles. The number of alkyl halides is 3. The fourth-order valence-electron chi connectivity index (χ4n) is 3.21. The van der Waals surface area contributed by atoms with Crippen molar-refractivity contribution in [3.8, 4) is 0 Å². The van der Waals surface area contributed by atoms with Gasteiger partial charge in [0, 0.05) is 43.1 Å². The molecule has 0 aliphatic rings. The Morgan fingerprint density at radius 3 is 2.38 bits per heavy atom. The molecule has 2 aromatic heterocycles. The van der Waals surface area contributed by atoms with Gasteiger partial charge in [-0.05, 0) is 54.8 Å². The van der Waals surface area contributed by atoms with Crippen LogP contribution in [-0.4, -0.2) is 39.9 Å². The summed E-state index contributed by atoms with van der Waals surface area (Å²) in [6.07, 6.45) is 2.37. The molecule has 0 fully saturated rings. The highest BCUT2D eigenvalue weighted by Gasteiger charge is 2.31. The molecule has 12 heteroatoms. The second kappa shape index (κ2) is 12.5. The fraction of sp³-hybridized carbons (Fsp3) is 0.240. The molecule has 0 saturated carbocycles. The molecule has 0 spiro atoms. The number of carbonyl (C=O) groups excluding carboxylic acids is 2. The Morgan fingerprint density at radius 1 is 1.03 bits per heavy atom. The van der Waals surface area contributed by atoms with Gasteiger partial charge in [0.1, 0.15) is 11.4 Å². The normalized spacial score (nSPS) is 10.9. The summed E-state index contributed by atoms with van der Waals surface area (Å²) >= 11 is 0. The number of amides is 2. The predicted octanol–water partition coefficient (Wildman–Crippen LogP) is 4.74. The molecule has 37 heavy (non-hydrogen) atoms. The molecule has 0 atom stereocenters. The summed E-state index contributed by atoms with van der Waals surface area (Å²) in [5.41, 5.74) is -0.238. The van der Waals surface area contributed by atoms with Crippen LogP contribution in [0, 0.1) is 0 Å². The molecule has 0 radical (unpaired) electrons. The Labute approximate surface area is 211 Å². The maximum absolute atomic E-state index is 13.4. The lowest BCUT2D eigenvalue weighted by molar-refractivity contribution is -0.137. The van der Waals surface area contributed by atoms with Gasteiger partial charge in [-0.3, -0.25) is 14.6 Å². The zero-order valence-electron chi connectivity index (χ0n) is 20.0. The van der Waals surface area contributed by atoms with E-state index in [0.29, 0.717) is 19.5 Å². The first-order valence-electron chi connectivity index (χ1n) is 11.4. The first-order chi connectivity index (χ1) is 17.7. The number of hydrogen-bond acceptors (Lipinski definition) is 7. The molecular weight excluding hydrogens is 487 g/mol. The number of nitrogens with one attached hydrogen (secondary N) is 4. The van der Waals surface area contributed by atoms with E-state index in [1.807, 2.05) is 19.1 Å². The SMILES string of the molecule is C=CC(=O)Nc1cc(NC(=O)c2cnc(NCCc3ccncc3)nc2NCCC)cc(C(F)(F)F)c1. The predicted molar refractivity (Wildman–Crippen MR) is 135 cm³/mol. The highest BCUT2D eigenvalue weighted by atomic mass is 19.4. The van der Waals surface area contributed by atoms with Crippen molar-refractivity contribution in [3.05, 3.63) is 78.3 Å². The number of aromatic nitrogens is 3. The summed E-state index contributed by atoms with van der Waals surface area (Å²) in [6, 6.07) is 6.54. The van der Waals surface area contributed by atoms with Crippen molar-refractivity contribution < 1.29 is 22.8 Å². The number of rotatable bonds is 11. The highest BCUT2D eigenvalue weighted by molar-refractivity contribution is 6.08. The van der Waals surface area contributed by atoms with Crippen molar-refractivity contribution >= 4 is 35.0 Å². The van der Waals surface area contributed by atoms with Gasteiger partial charge in [0.25, 0.3) is 5.91 Å². The third-order valence-electron chi connectivity index (χ3n) is 4.99. The summed E-state index contributed by atoms with van der Waals surface area (Å²) in [7, 11) is 0. The smallest absolute Gasteiger partial charge is 0.369 e. The minimum absolute atomic E-state index is 0.0437. The summed E-state index contributed by atoms with van der Waals surface area (Å²) in [5, 5.41) is 10.9. The van der Waals surface area contributed by atoms with Crippen molar-refractivity contribution in [2.75, 3.05) is 34.4 Å². The molecule has 9 nitrogen and oxygen atoms in total. The van der Waals surface area contributed by atoms with Crippen LogP contribution in [0.3, 0.4) is 0 Å². The molecule has 3 aromatic rings. The van der Waals surface area contributed by atoms with Gasteiger partial charge in [-0.15, -0.1) is 0 Å². The van der Waals surface area contributed by atoms with Gasteiger partial charge >= 0.3 is 6.18 Å². The van der Waals surface area contributed by atoms with Crippen LogP contribution in [0.5, 0.6) is 0 Å². The Balaban J connectivity index is 1.81. The van der Waals surface area contributed by atoms with Crippen LogP contribution < -0.4 is 21.3 Å². The average Bonchev–Trinajstić information content (AvgIpc) is 2.87. The van der Waals surface area contributed by atoms with Gasteiger partial charge in [-0.2, -0.15) is 18.2 Å². The molecule has 0 aliphatic carbocycles. The minimum Gasteiger partial charge on any atom is -0.369 e. The van der Waals surface area contributed by atoms with E-state index in [0.717, 1.165) is 30.2 Å². The van der Waals surface area contributed by atoms with Gasteiger partial charge < -0.3 is 21.3 Å². The monoisotopic (exact) mass is 513 g/mol. The van der Waals surface area contributed by atoms with E-state index >= 15 is 0 Å². The Bertz CT molecular complexity index is 1250. The zero-order valence-corrected chi connectivity index (χ0v) is 20.0. The molecule has 0 bridgehead atoms. The summed E-state index contributed by atoms with van der Waals surface area (Å²) < 4.78 is 40.2. The minimum atomic E-state index is -4.70. The first-order valence-corrected chi connectivity index (χ1v) is 11.4. The van der Waals surface area contributed by atoms with Crippen LogP contribution in [0.15, 0.2) is 61.6 Å². The quantitative estimate of drug-likeness (QED) is 0.273. The third kappa shape index (κ3) is 8.02. The second-order valence-electron chi connectivity index (χ2n) is 7.86. The van der Waals surface area contributed by atoms with E-state index < -0.39 is 23.6 Å². The molecule has 1 aromatic carbocycles. The van der Waals surface area contributed by atoms with Gasteiger partial charge in [0.2, 0.25) is 11.9 Å². The van der Waals surface area contributed by atoms with Gasteiger partial charge in [0.15, 0.2) is 0 Å². The second-order valence-corrected chi connectivity index (χ2v) is 7.86. The highest BCUT2D eigenvalue weighted by Crippen LogP contribution is 2.33. The molecule has 4 N–H and O–H groups in total. The number of nitrogens with zero attached hydrogens (tertiary/aromatic N) is 3. The Hall–Kier alpha value is -4.48. The number of pyridine rings is 1. The van der Waals surface area contributed by atoms with Gasteiger partial charge in [0.05, 0.1) is 5.56 Å². The average molecular weight is 514 g/mol. The van der Waals surface area contributed by atoms with Crippen LogP contribution in [0.2, 0.25) is 0 Å². The topological polar surface area (TPSA) is 121 Å². The van der Waals surface area contributed by atoms with E-state index in [2.05, 4.69) is 42.8 Å². The lowest BCUT2D eigenvalue weighted by atomic mass is 10.1. The van der Waals surface area contributed by atoms with E-state index in [9.17, 15) is 22.8 Å². The van der Waals surface area contributed by atoms with E-state index in [1.165, 1.54) is 12.3 Å². The third-order valence-corrected chi connectivity index (χ3v) is 4.99. The lowest BCUT2D eigenvalue weighted by Crippen LogP contribution is -2.19.